The number of nitrogens with zero attached hydrogens (tertiary/aromatic N) is 6. The molecule has 0 bridgehead atoms. The highest BCUT2D eigenvalue weighted by Crippen LogP contribution is 2.15. The van der Waals surface area contributed by atoms with Gasteiger partial charge in [0.15, 0.2) is 23.0 Å². The van der Waals surface area contributed by atoms with Crippen molar-refractivity contribution in [1.82, 2.24) is 29.0 Å². The summed E-state index contributed by atoms with van der Waals surface area (Å²) in [5.74, 6) is 6.18. The van der Waals surface area contributed by atoms with Crippen LogP contribution in [0.25, 0.3) is 11.5 Å². The lowest BCUT2D eigenvalue weighted by molar-refractivity contribution is 0.0821. The summed E-state index contributed by atoms with van der Waals surface area (Å²) in [5.41, 5.74) is 3.43. The Morgan fingerprint density at radius 3 is 2.90 bits per heavy atom. The minimum atomic E-state index is -0.179. The number of hydrazine groups is 1. The quantitative estimate of drug-likeness (QED) is 0.514. The van der Waals surface area contributed by atoms with Gasteiger partial charge in [-0.15, -0.1) is 0 Å². The third-order valence-electron chi connectivity index (χ3n) is 2.94. The fourth-order valence-corrected chi connectivity index (χ4v) is 1.92. The highest BCUT2D eigenvalue weighted by molar-refractivity contribution is 5.91. The summed E-state index contributed by atoms with van der Waals surface area (Å²) in [6.07, 6.45) is 6.79. The van der Waals surface area contributed by atoms with Gasteiger partial charge in [-0.3, -0.25) is 4.79 Å². The molecule has 21 heavy (non-hydrogen) atoms. The molecule has 9 nitrogen and oxygen atoms in total. The first kappa shape index (κ1) is 13.1. The summed E-state index contributed by atoms with van der Waals surface area (Å²) in [4.78, 5) is 21.9. The Balaban J connectivity index is 2.12. The van der Waals surface area contributed by atoms with E-state index in [1.165, 1.54) is 9.58 Å². The number of carbonyl (C=O) groups excluding carboxylic acids is 1. The maximum atomic E-state index is 11.9. The number of fused-ring (bicyclic) bond motifs is 1. The van der Waals surface area contributed by atoms with Crippen LogP contribution < -0.4 is 11.3 Å². The van der Waals surface area contributed by atoms with Crippen molar-refractivity contribution in [3.8, 4) is 5.82 Å². The van der Waals surface area contributed by atoms with Crippen molar-refractivity contribution in [2.75, 3.05) is 19.5 Å². The molecule has 0 fully saturated rings. The van der Waals surface area contributed by atoms with Crippen molar-refractivity contribution in [3.63, 3.8) is 0 Å². The number of rotatable bonds is 3. The molecule has 3 aromatic heterocycles. The van der Waals surface area contributed by atoms with Crippen LogP contribution in [0.15, 0.2) is 30.9 Å². The topological polar surface area (TPSA) is 106 Å². The van der Waals surface area contributed by atoms with Gasteiger partial charge in [-0.25, -0.2) is 20.5 Å². The molecule has 0 atom stereocenters. The van der Waals surface area contributed by atoms with Crippen molar-refractivity contribution in [2.24, 2.45) is 5.84 Å². The lowest BCUT2D eigenvalue weighted by atomic mass is 10.4. The fraction of sp³-hybridized carbons (Fsp3) is 0.167. The third kappa shape index (κ3) is 2.19. The Labute approximate surface area is 120 Å². The Hall–Kier alpha value is -2.94. The molecule has 0 unspecified atom stereocenters. The molecule has 0 saturated heterocycles. The Morgan fingerprint density at radius 2 is 2.19 bits per heavy atom. The van der Waals surface area contributed by atoms with Gasteiger partial charge in [-0.05, 0) is 6.07 Å². The third-order valence-corrected chi connectivity index (χ3v) is 2.94. The predicted octanol–water partition coefficient (Wildman–Crippen LogP) is -0.0976. The van der Waals surface area contributed by atoms with Crippen molar-refractivity contribution < 1.29 is 4.79 Å². The molecule has 0 saturated carbocycles. The lowest BCUT2D eigenvalue weighted by Gasteiger charge is -2.08. The van der Waals surface area contributed by atoms with E-state index in [9.17, 15) is 4.79 Å². The number of aromatic nitrogens is 5. The van der Waals surface area contributed by atoms with E-state index in [2.05, 4.69) is 20.5 Å². The van der Waals surface area contributed by atoms with E-state index >= 15 is 0 Å². The molecule has 108 valence electrons. The number of nitrogens with one attached hydrogen (secondary N) is 1. The van der Waals surface area contributed by atoms with Gasteiger partial charge >= 0.3 is 0 Å². The van der Waals surface area contributed by atoms with Gasteiger partial charge in [-0.1, -0.05) is 0 Å². The zero-order chi connectivity index (χ0) is 15.0. The zero-order valence-electron chi connectivity index (χ0n) is 11.6. The van der Waals surface area contributed by atoms with E-state index in [0.29, 0.717) is 23.0 Å². The number of hydrogen-bond acceptors (Lipinski definition) is 6. The van der Waals surface area contributed by atoms with Crippen LogP contribution in [0.4, 0.5) is 5.82 Å². The largest absolute Gasteiger partial charge is 0.343 e. The molecule has 0 spiro atoms. The second-order valence-corrected chi connectivity index (χ2v) is 4.60. The highest BCUT2D eigenvalue weighted by atomic mass is 16.2. The maximum absolute atomic E-state index is 11.9. The van der Waals surface area contributed by atoms with Crippen LogP contribution in [0.3, 0.4) is 0 Å². The molecule has 3 aromatic rings. The number of carbonyl (C=O) groups is 1. The van der Waals surface area contributed by atoms with Crippen LogP contribution >= 0.6 is 0 Å². The number of amides is 1. The first-order valence-corrected chi connectivity index (χ1v) is 6.18. The van der Waals surface area contributed by atoms with Crippen molar-refractivity contribution in [1.29, 1.82) is 0 Å². The van der Waals surface area contributed by atoms with E-state index in [1.807, 2.05) is 0 Å². The zero-order valence-corrected chi connectivity index (χ0v) is 11.6. The molecule has 0 aliphatic heterocycles. The summed E-state index contributed by atoms with van der Waals surface area (Å²) in [5, 5.41) is 4.25. The normalized spacial score (nSPS) is 10.8. The Kier molecular flexibility index (Phi) is 3.03. The van der Waals surface area contributed by atoms with Gasteiger partial charge in [0.25, 0.3) is 5.91 Å². The van der Waals surface area contributed by atoms with Crippen molar-refractivity contribution in [2.45, 2.75) is 0 Å². The van der Waals surface area contributed by atoms with Crippen LogP contribution in [0.2, 0.25) is 0 Å². The Morgan fingerprint density at radius 1 is 1.38 bits per heavy atom. The molecule has 3 N–H and O–H groups in total. The van der Waals surface area contributed by atoms with Crippen LogP contribution in [-0.2, 0) is 0 Å². The average Bonchev–Trinajstić information content (AvgIpc) is 3.13. The summed E-state index contributed by atoms with van der Waals surface area (Å²) in [6.45, 7) is 0. The van der Waals surface area contributed by atoms with Gasteiger partial charge in [0, 0.05) is 32.7 Å². The summed E-state index contributed by atoms with van der Waals surface area (Å²) in [7, 11) is 3.34. The second kappa shape index (κ2) is 4.87. The van der Waals surface area contributed by atoms with Crippen molar-refractivity contribution >= 4 is 17.4 Å². The monoisotopic (exact) mass is 286 g/mol. The molecule has 3 rings (SSSR count). The number of anilines is 1. The summed E-state index contributed by atoms with van der Waals surface area (Å²) >= 11 is 0. The van der Waals surface area contributed by atoms with E-state index in [4.69, 9.17) is 5.84 Å². The molecule has 1 amide bonds. The van der Waals surface area contributed by atoms with Gasteiger partial charge in [-0.2, -0.15) is 5.10 Å². The maximum Gasteiger partial charge on any atom is 0.273 e. The molecule has 3 heterocycles. The fourth-order valence-electron chi connectivity index (χ4n) is 1.92. The summed E-state index contributed by atoms with van der Waals surface area (Å²) < 4.78 is 3.27. The second-order valence-electron chi connectivity index (χ2n) is 4.60. The van der Waals surface area contributed by atoms with E-state index in [1.54, 1.807) is 49.3 Å². The average molecular weight is 286 g/mol. The van der Waals surface area contributed by atoms with Crippen LogP contribution in [-0.4, -0.2) is 49.1 Å². The number of imidazole rings is 1. The number of hydrogen-bond donors (Lipinski definition) is 2. The van der Waals surface area contributed by atoms with Crippen LogP contribution in [0.5, 0.6) is 0 Å². The summed E-state index contributed by atoms with van der Waals surface area (Å²) in [6, 6.07) is 1.63. The minimum Gasteiger partial charge on any atom is -0.343 e. The van der Waals surface area contributed by atoms with Gasteiger partial charge in [0.05, 0.1) is 6.20 Å². The van der Waals surface area contributed by atoms with Crippen molar-refractivity contribution in [3.05, 3.63) is 36.5 Å². The van der Waals surface area contributed by atoms with Crippen LogP contribution in [0, 0.1) is 0 Å². The minimum absolute atomic E-state index is 0.179. The molecule has 0 aliphatic rings. The van der Waals surface area contributed by atoms with Gasteiger partial charge < -0.3 is 14.7 Å². The van der Waals surface area contributed by atoms with Gasteiger partial charge in [0.1, 0.15) is 0 Å². The van der Waals surface area contributed by atoms with E-state index in [0.717, 1.165) is 0 Å². The molecular formula is C12H14N8O. The van der Waals surface area contributed by atoms with Crippen LogP contribution in [0.1, 0.15) is 10.5 Å². The first-order chi connectivity index (χ1) is 10.1. The molecular weight excluding hydrogens is 272 g/mol. The molecule has 9 heteroatoms. The molecule has 0 radical (unpaired) electrons. The number of nitrogens with two attached hydrogens (primary N) is 1. The number of nitrogen functional groups attached to an aromatic ring is 1. The standard InChI is InChI=1S/C12H14N8O/c1-18(2)12(21)8-3-5-20(17-8)11-10-14-4-6-19(10)7-9(15-11)16-13/h3-7,16H,13H2,1-2H3. The first-order valence-electron chi connectivity index (χ1n) is 6.18. The smallest absolute Gasteiger partial charge is 0.273 e. The van der Waals surface area contributed by atoms with E-state index < -0.39 is 0 Å². The predicted molar refractivity (Wildman–Crippen MR) is 75.9 cm³/mol. The highest BCUT2D eigenvalue weighted by Gasteiger charge is 2.15. The SMILES string of the molecule is CN(C)C(=O)c1ccn(-c2nc(NN)cn3ccnc23)n1. The molecule has 0 aliphatic carbocycles. The van der Waals surface area contributed by atoms with E-state index in [-0.39, 0.29) is 5.91 Å². The lowest BCUT2D eigenvalue weighted by Crippen LogP contribution is -2.22. The Bertz CT molecular complexity index is 803. The molecule has 0 aromatic carbocycles. The van der Waals surface area contributed by atoms with Gasteiger partial charge in [0.2, 0.25) is 0 Å².